The van der Waals surface area contributed by atoms with Gasteiger partial charge in [-0.15, -0.1) is 0 Å². The summed E-state index contributed by atoms with van der Waals surface area (Å²) in [6, 6.07) is 6.64. The molecule has 0 amide bonds. The lowest BCUT2D eigenvalue weighted by Crippen LogP contribution is -2.54. The highest BCUT2D eigenvalue weighted by molar-refractivity contribution is 5.86. The van der Waals surface area contributed by atoms with E-state index in [9.17, 15) is 0 Å². The first-order valence-electron chi connectivity index (χ1n) is 15.4. The molecule has 1 heterocycles. The van der Waals surface area contributed by atoms with Crippen LogP contribution in [0.5, 0.6) is 5.75 Å². The van der Waals surface area contributed by atoms with Gasteiger partial charge >= 0.3 is 0 Å². The second-order valence-corrected chi connectivity index (χ2v) is 14.6. The number of H-pyrrole nitrogens is 1. The largest absolute Gasteiger partial charge is 0.497 e. The molecule has 8 unspecified atom stereocenters. The summed E-state index contributed by atoms with van der Waals surface area (Å²) in [7, 11) is 1.77. The minimum Gasteiger partial charge on any atom is -0.497 e. The van der Waals surface area contributed by atoms with Gasteiger partial charge in [-0.25, -0.2) is 0 Å². The highest BCUT2D eigenvalue weighted by atomic mass is 16.5. The van der Waals surface area contributed by atoms with E-state index in [0.29, 0.717) is 10.8 Å². The van der Waals surface area contributed by atoms with Crippen LogP contribution in [0.15, 0.2) is 18.2 Å². The van der Waals surface area contributed by atoms with Crippen molar-refractivity contribution >= 4 is 10.9 Å². The highest BCUT2D eigenvalue weighted by Crippen LogP contribution is 2.68. The van der Waals surface area contributed by atoms with Gasteiger partial charge in [0.1, 0.15) is 5.75 Å². The Balaban J connectivity index is 1.23. The van der Waals surface area contributed by atoms with E-state index in [1.165, 1.54) is 87.2 Å². The van der Waals surface area contributed by atoms with Crippen molar-refractivity contribution in [2.24, 2.45) is 52.3 Å². The molecule has 1 aromatic heterocycles. The predicted octanol–water partition coefficient (Wildman–Crippen LogP) is 9.21. The molecule has 1 aromatic carbocycles. The van der Waals surface area contributed by atoms with Crippen molar-refractivity contribution in [2.45, 2.75) is 105 Å². The maximum Gasteiger partial charge on any atom is 0.120 e. The number of aromatic amines is 1. The van der Waals surface area contributed by atoms with E-state index in [2.05, 4.69) is 57.8 Å². The van der Waals surface area contributed by atoms with E-state index in [0.717, 1.165) is 47.2 Å². The molecule has 3 saturated carbocycles. The number of ether oxygens (including phenoxy) is 1. The Bertz CT molecular complexity index is 1100. The van der Waals surface area contributed by atoms with Crippen molar-refractivity contribution in [3.8, 4) is 5.75 Å². The number of rotatable bonds is 6. The van der Waals surface area contributed by atoms with Gasteiger partial charge in [-0.2, -0.15) is 0 Å². The van der Waals surface area contributed by atoms with Crippen molar-refractivity contribution < 1.29 is 4.74 Å². The number of hydrogen-bond donors (Lipinski definition) is 1. The zero-order valence-corrected chi connectivity index (χ0v) is 24.0. The summed E-state index contributed by atoms with van der Waals surface area (Å²) in [5, 5.41) is 1.44. The van der Waals surface area contributed by atoms with Crippen LogP contribution in [0.1, 0.15) is 104 Å². The number of fused-ring (bicyclic) bond motifs is 8. The van der Waals surface area contributed by atoms with Crippen LogP contribution in [0.25, 0.3) is 10.9 Å². The molecule has 0 bridgehead atoms. The van der Waals surface area contributed by atoms with Crippen LogP contribution < -0.4 is 4.74 Å². The third-order valence-electron chi connectivity index (χ3n) is 12.5. The Labute approximate surface area is 220 Å². The van der Waals surface area contributed by atoms with Crippen LogP contribution in [0.2, 0.25) is 0 Å². The first-order chi connectivity index (χ1) is 17.2. The first kappa shape index (κ1) is 24.9. The smallest absolute Gasteiger partial charge is 0.120 e. The molecule has 2 nitrogen and oxygen atoms in total. The fraction of sp³-hybridized carbons (Fsp3) is 0.765. The SMILES string of the molecule is COc1ccc2c3c([nH]c2c1)CC1(C)C(CCC2C1CCC1(C)C(C(C)CCCC(C)C)CCC21)C3. The Morgan fingerprint density at radius 3 is 2.56 bits per heavy atom. The lowest BCUT2D eigenvalue weighted by atomic mass is 9.44. The van der Waals surface area contributed by atoms with Gasteiger partial charge in [0.2, 0.25) is 0 Å². The normalized spacial score (nSPS) is 38.4. The molecule has 4 aliphatic carbocycles. The summed E-state index contributed by atoms with van der Waals surface area (Å²) in [5.74, 6) is 7.38. The van der Waals surface area contributed by atoms with Gasteiger partial charge < -0.3 is 9.72 Å². The van der Waals surface area contributed by atoms with Gasteiger partial charge in [0.25, 0.3) is 0 Å². The summed E-state index contributed by atoms with van der Waals surface area (Å²) >= 11 is 0. The average molecular weight is 490 g/mol. The molecule has 36 heavy (non-hydrogen) atoms. The minimum absolute atomic E-state index is 0.461. The zero-order chi connectivity index (χ0) is 25.2. The Morgan fingerprint density at radius 2 is 1.78 bits per heavy atom. The van der Waals surface area contributed by atoms with Crippen LogP contribution in [0.4, 0.5) is 0 Å². The second-order valence-electron chi connectivity index (χ2n) is 14.6. The van der Waals surface area contributed by atoms with Gasteiger partial charge in [-0.05, 0) is 121 Å². The van der Waals surface area contributed by atoms with Crippen molar-refractivity contribution in [1.82, 2.24) is 4.98 Å². The molecule has 198 valence electrons. The molecule has 0 saturated heterocycles. The molecule has 3 fully saturated rings. The van der Waals surface area contributed by atoms with Gasteiger partial charge in [-0.1, -0.05) is 53.9 Å². The zero-order valence-electron chi connectivity index (χ0n) is 24.0. The van der Waals surface area contributed by atoms with E-state index in [4.69, 9.17) is 4.74 Å². The van der Waals surface area contributed by atoms with Gasteiger partial charge in [0.05, 0.1) is 7.11 Å². The predicted molar refractivity (Wildman–Crippen MR) is 151 cm³/mol. The number of nitrogens with one attached hydrogen (secondary N) is 1. The number of hydrogen-bond acceptors (Lipinski definition) is 1. The molecule has 4 aliphatic rings. The molecule has 6 rings (SSSR count). The number of methoxy groups -OCH3 is 1. The van der Waals surface area contributed by atoms with E-state index >= 15 is 0 Å². The third-order valence-corrected chi connectivity index (χ3v) is 12.5. The van der Waals surface area contributed by atoms with Gasteiger partial charge in [0, 0.05) is 22.7 Å². The molecule has 0 aliphatic heterocycles. The van der Waals surface area contributed by atoms with E-state index in [1.807, 2.05) is 0 Å². The first-order valence-corrected chi connectivity index (χ1v) is 15.4. The van der Waals surface area contributed by atoms with Crippen molar-refractivity contribution in [3.63, 3.8) is 0 Å². The fourth-order valence-electron chi connectivity index (χ4n) is 10.6. The number of benzene rings is 1. The van der Waals surface area contributed by atoms with Crippen LogP contribution in [-0.4, -0.2) is 12.1 Å². The van der Waals surface area contributed by atoms with Crippen molar-refractivity contribution in [1.29, 1.82) is 0 Å². The second kappa shape index (κ2) is 9.09. The van der Waals surface area contributed by atoms with Crippen LogP contribution >= 0.6 is 0 Å². The van der Waals surface area contributed by atoms with Crippen molar-refractivity contribution in [3.05, 3.63) is 29.5 Å². The van der Waals surface area contributed by atoms with E-state index < -0.39 is 0 Å². The number of aromatic nitrogens is 1. The molecule has 0 radical (unpaired) electrons. The molecule has 0 spiro atoms. The Morgan fingerprint density at radius 1 is 0.972 bits per heavy atom. The van der Waals surface area contributed by atoms with Crippen LogP contribution in [0.3, 0.4) is 0 Å². The minimum atomic E-state index is 0.461. The molecule has 1 N–H and O–H groups in total. The van der Waals surface area contributed by atoms with Gasteiger partial charge in [-0.3, -0.25) is 0 Å². The molecule has 2 heteroatoms. The summed E-state index contributed by atoms with van der Waals surface area (Å²) in [6.07, 6.45) is 15.7. The van der Waals surface area contributed by atoms with E-state index in [-0.39, 0.29) is 0 Å². The maximum atomic E-state index is 5.53. The quantitative estimate of drug-likeness (QED) is 0.430. The lowest BCUT2D eigenvalue weighted by molar-refractivity contribution is -0.103. The standard InChI is InChI=1S/C34H51NO/c1-21(2)8-7-9-22(3)28-14-15-29-26-12-10-23-18-27-25-13-11-24(36-6)19-31(25)35-32(27)20-34(23,5)30(26)16-17-33(28,29)4/h11,13,19,21-23,26,28-30,35H,7-10,12,14-18,20H2,1-6H3. The van der Waals surface area contributed by atoms with Crippen LogP contribution in [0, 0.1) is 52.3 Å². The summed E-state index contributed by atoms with van der Waals surface area (Å²) in [6.45, 7) is 12.8. The molecule has 2 aromatic rings. The average Bonchev–Trinajstić information content (AvgIpc) is 3.37. The lowest BCUT2D eigenvalue weighted by Gasteiger charge is -2.60. The van der Waals surface area contributed by atoms with Crippen LogP contribution in [-0.2, 0) is 12.8 Å². The molecular weight excluding hydrogens is 438 g/mol. The summed E-state index contributed by atoms with van der Waals surface area (Å²) < 4.78 is 5.53. The monoisotopic (exact) mass is 489 g/mol. The summed E-state index contributed by atoms with van der Waals surface area (Å²) in [4.78, 5) is 3.87. The van der Waals surface area contributed by atoms with Crippen molar-refractivity contribution in [2.75, 3.05) is 7.11 Å². The maximum absolute atomic E-state index is 5.53. The fourth-order valence-corrected chi connectivity index (χ4v) is 10.6. The molecule has 8 atom stereocenters. The highest BCUT2D eigenvalue weighted by Gasteiger charge is 2.60. The third kappa shape index (κ3) is 3.79. The Kier molecular flexibility index (Phi) is 6.28. The molecular formula is C34H51NO. The van der Waals surface area contributed by atoms with Gasteiger partial charge in [0.15, 0.2) is 0 Å². The topological polar surface area (TPSA) is 25.0 Å². The Hall–Kier alpha value is -1.44. The summed E-state index contributed by atoms with van der Waals surface area (Å²) in [5.41, 5.74) is 5.49. The van der Waals surface area contributed by atoms with E-state index in [1.54, 1.807) is 12.7 Å².